The van der Waals surface area contributed by atoms with Crippen molar-refractivity contribution in [2.75, 3.05) is 44.4 Å². The molecule has 0 bridgehead atoms. The highest BCUT2D eigenvalue weighted by atomic mass is 15.2. The van der Waals surface area contributed by atoms with Crippen LogP contribution in [0.5, 0.6) is 0 Å². The fourth-order valence-electron chi connectivity index (χ4n) is 2.00. The molecule has 0 atom stereocenters. The van der Waals surface area contributed by atoms with Crippen molar-refractivity contribution < 1.29 is 0 Å². The highest BCUT2D eigenvalue weighted by molar-refractivity contribution is 5.48. The van der Waals surface area contributed by atoms with Crippen molar-refractivity contribution in [1.29, 1.82) is 0 Å². The van der Waals surface area contributed by atoms with E-state index in [4.69, 9.17) is 0 Å². The van der Waals surface area contributed by atoms with Gasteiger partial charge in [0.15, 0.2) is 0 Å². The third-order valence-corrected chi connectivity index (χ3v) is 3.17. The van der Waals surface area contributed by atoms with Crippen molar-refractivity contribution in [2.24, 2.45) is 0 Å². The lowest BCUT2D eigenvalue weighted by molar-refractivity contribution is 0.425. The number of aromatic nitrogens is 2. The van der Waals surface area contributed by atoms with Gasteiger partial charge in [-0.1, -0.05) is 30.3 Å². The van der Waals surface area contributed by atoms with E-state index in [0.29, 0.717) is 0 Å². The quantitative estimate of drug-likeness (QED) is 0.844. The zero-order valence-corrected chi connectivity index (χ0v) is 13.0. The zero-order chi connectivity index (χ0) is 15.1. The molecule has 0 unspecified atom stereocenters. The minimum atomic E-state index is 0.828. The van der Waals surface area contributed by atoms with E-state index in [-0.39, 0.29) is 0 Å². The summed E-state index contributed by atoms with van der Waals surface area (Å²) in [5.41, 5.74) is 1.26. The molecule has 2 rings (SSSR count). The predicted octanol–water partition coefficient (Wildman–Crippen LogP) is 2.09. The van der Waals surface area contributed by atoms with Gasteiger partial charge in [0.05, 0.1) is 0 Å². The summed E-state index contributed by atoms with van der Waals surface area (Å²) >= 11 is 0. The molecule has 0 spiro atoms. The fraction of sp³-hybridized carbons (Fsp3) is 0.375. The summed E-state index contributed by atoms with van der Waals surface area (Å²) in [5.74, 6) is 1.78. The number of hydrogen-bond donors (Lipinski definition) is 1. The molecule has 2 aromatic rings. The van der Waals surface area contributed by atoms with Gasteiger partial charge < -0.3 is 15.1 Å². The molecule has 0 fully saturated rings. The van der Waals surface area contributed by atoms with E-state index in [9.17, 15) is 0 Å². The minimum absolute atomic E-state index is 0.828. The molecule has 5 nitrogen and oxygen atoms in total. The largest absolute Gasteiger partial charge is 0.369 e. The normalized spacial score (nSPS) is 10.7. The van der Waals surface area contributed by atoms with Crippen LogP contribution in [0.25, 0.3) is 0 Å². The summed E-state index contributed by atoms with van der Waals surface area (Å²) < 4.78 is 0. The topological polar surface area (TPSA) is 44.3 Å². The van der Waals surface area contributed by atoms with Gasteiger partial charge in [-0.2, -0.15) is 0 Å². The lowest BCUT2D eigenvalue weighted by Crippen LogP contribution is -2.22. The maximum Gasteiger partial charge on any atom is 0.134 e. The molecule has 0 aliphatic carbocycles. The SMILES string of the molecule is CN(C)CCNc1cc(N(C)Cc2ccccc2)ncn1. The van der Waals surface area contributed by atoms with E-state index in [0.717, 1.165) is 31.3 Å². The minimum Gasteiger partial charge on any atom is -0.369 e. The summed E-state index contributed by atoms with van der Waals surface area (Å²) in [4.78, 5) is 12.9. The number of nitrogens with one attached hydrogen (secondary N) is 1. The van der Waals surface area contributed by atoms with Gasteiger partial charge in [0.25, 0.3) is 0 Å². The van der Waals surface area contributed by atoms with Crippen molar-refractivity contribution in [3.8, 4) is 0 Å². The summed E-state index contributed by atoms with van der Waals surface area (Å²) in [5, 5.41) is 3.32. The van der Waals surface area contributed by atoms with Crippen LogP contribution in [-0.2, 0) is 6.54 Å². The third-order valence-electron chi connectivity index (χ3n) is 3.17. The molecule has 0 aliphatic heterocycles. The van der Waals surface area contributed by atoms with Gasteiger partial charge in [0.2, 0.25) is 0 Å². The van der Waals surface area contributed by atoms with E-state index in [1.54, 1.807) is 6.33 Å². The van der Waals surface area contributed by atoms with Crippen molar-refractivity contribution >= 4 is 11.6 Å². The summed E-state index contributed by atoms with van der Waals surface area (Å²) in [6, 6.07) is 12.4. The van der Waals surface area contributed by atoms with Gasteiger partial charge in [-0.3, -0.25) is 0 Å². The van der Waals surface area contributed by atoms with Gasteiger partial charge in [0, 0.05) is 32.7 Å². The van der Waals surface area contributed by atoms with Crippen LogP contribution in [0.15, 0.2) is 42.7 Å². The molecule has 0 amide bonds. The number of hydrogen-bond acceptors (Lipinski definition) is 5. The van der Waals surface area contributed by atoms with E-state index >= 15 is 0 Å². The smallest absolute Gasteiger partial charge is 0.134 e. The first-order chi connectivity index (χ1) is 10.1. The summed E-state index contributed by atoms with van der Waals surface area (Å²) in [6.07, 6.45) is 1.61. The Morgan fingerprint density at radius 3 is 2.52 bits per heavy atom. The second-order valence-corrected chi connectivity index (χ2v) is 5.33. The highest BCUT2D eigenvalue weighted by Gasteiger charge is 2.05. The van der Waals surface area contributed by atoms with Crippen LogP contribution in [0.2, 0.25) is 0 Å². The molecular weight excluding hydrogens is 262 g/mol. The molecule has 1 aromatic heterocycles. The average molecular weight is 285 g/mol. The van der Waals surface area contributed by atoms with Crippen LogP contribution < -0.4 is 10.2 Å². The Labute approximate surface area is 126 Å². The van der Waals surface area contributed by atoms with E-state index < -0.39 is 0 Å². The van der Waals surface area contributed by atoms with Crippen LogP contribution in [-0.4, -0.2) is 49.1 Å². The second-order valence-electron chi connectivity index (χ2n) is 5.33. The molecule has 0 aliphatic rings. The van der Waals surface area contributed by atoms with Gasteiger partial charge in [-0.25, -0.2) is 9.97 Å². The predicted molar refractivity (Wildman–Crippen MR) is 87.6 cm³/mol. The van der Waals surface area contributed by atoms with Gasteiger partial charge in [0.1, 0.15) is 18.0 Å². The maximum absolute atomic E-state index is 4.34. The number of benzene rings is 1. The lowest BCUT2D eigenvalue weighted by atomic mass is 10.2. The van der Waals surface area contributed by atoms with Crippen molar-refractivity contribution in [3.05, 3.63) is 48.3 Å². The van der Waals surface area contributed by atoms with Crippen LogP contribution >= 0.6 is 0 Å². The Kier molecular flexibility index (Phi) is 5.51. The van der Waals surface area contributed by atoms with Crippen LogP contribution in [0.3, 0.4) is 0 Å². The summed E-state index contributed by atoms with van der Waals surface area (Å²) in [7, 11) is 6.15. The van der Waals surface area contributed by atoms with Gasteiger partial charge in [-0.15, -0.1) is 0 Å². The van der Waals surface area contributed by atoms with E-state index in [1.165, 1.54) is 5.56 Å². The Hall–Kier alpha value is -2.14. The Balaban J connectivity index is 1.96. The molecule has 0 saturated carbocycles. The summed E-state index contributed by atoms with van der Waals surface area (Å²) in [6.45, 7) is 2.67. The molecule has 0 saturated heterocycles. The molecule has 1 heterocycles. The molecule has 1 aromatic carbocycles. The molecule has 0 radical (unpaired) electrons. The first kappa shape index (κ1) is 15.3. The molecule has 21 heavy (non-hydrogen) atoms. The standard InChI is InChI=1S/C16H23N5/c1-20(2)10-9-17-15-11-16(19-13-18-15)21(3)12-14-7-5-4-6-8-14/h4-8,11,13H,9-10,12H2,1-3H3,(H,17,18,19). The number of rotatable bonds is 7. The van der Waals surface area contributed by atoms with Crippen molar-refractivity contribution in [3.63, 3.8) is 0 Å². The fourth-order valence-corrected chi connectivity index (χ4v) is 2.00. The average Bonchev–Trinajstić information content (AvgIpc) is 2.48. The third kappa shape index (κ3) is 5.04. The molecule has 112 valence electrons. The Morgan fingerprint density at radius 1 is 1.05 bits per heavy atom. The Bertz CT molecular complexity index is 541. The van der Waals surface area contributed by atoms with Crippen LogP contribution in [0.4, 0.5) is 11.6 Å². The second kappa shape index (κ2) is 7.59. The number of nitrogens with zero attached hydrogens (tertiary/aromatic N) is 4. The van der Waals surface area contributed by atoms with Gasteiger partial charge >= 0.3 is 0 Å². The van der Waals surface area contributed by atoms with E-state index in [2.05, 4.69) is 63.4 Å². The highest BCUT2D eigenvalue weighted by Crippen LogP contribution is 2.15. The lowest BCUT2D eigenvalue weighted by Gasteiger charge is -2.19. The van der Waals surface area contributed by atoms with Crippen LogP contribution in [0, 0.1) is 0 Å². The first-order valence-corrected chi connectivity index (χ1v) is 7.11. The number of likely N-dealkylation sites (N-methyl/N-ethyl adjacent to an activating group) is 1. The maximum atomic E-state index is 4.34. The van der Waals surface area contributed by atoms with Crippen LogP contribution in [0.1, 0.15) is 5.56 Å². The first-order valence-electron chi connectivity index (χ1n) is 7.11. The molecular formula is C16H23N5. The van der Waals surface area contributed by atoms with Crippen molar-refractivity contribution in [2.45, 2.75) is 6.54 Å². The molecule has 1 N–H and O–H groups in total. The number of anilines is 2. The van der Waals surface area contributed by atoms with Crippen molar-refractivity contribution in [1.82, 2.24) is 14.9 Å². The van der Waals surface area contributed by atoms with E-state index in [1.807, 2.05) is 19.2 Å². The van der Waals surface area contributed by atoms with Gasteiger partial charge in [-0.05, 0) is 19.7 Å². The monoisotopic (exact) mass is 285 g/mol. The zero-order valence-electron chi connectivity index (χ0n) is 13.0. The Morgan fingerprint density at radius 2 is 1.81 bits per heavy atom. The molecule has 5 heteroatoms.